The fourth-order valence-corrected chi connectivity index (χ4v) is 1.16. The SMILES string of the molecule is N[C@H](C(=O)O)C1CC(F)(F)C1. The molecule has 1 saturated carbocycles. The molecule has 0 aromatic heterocycles. The van der Waals surface area contributed by atoms with Gasteiger partial charge in [0.25, 0.3) is 0 Å². The summed E-state index contributed by atoms with van der Waals surface area (Å²) in [4.78, 5) is 10.2. The number of alkyl halides is 2. The van der Waals surface area contributed by atoms with Crippen molar-refractivity contribution in [3.63, 3.8) is 0 Å². The molecule has 0 aliphatic heterocycles. The number of aliphatic carboxylic acids is 1. The van der Waals surface area contributed by atoms with Crippen LogP contribution < -0.4 is 5.73 Å². The van der Waals surface area contributed by atoms with Crippen LogP contribution in [0.4, 0.5) is 8.78 Å². The van der Waals surface area contributed by atoms with Crippen LogP contribution in [0.2, 0.25) is 0 Å². The predicted octanol–water partition coefficient (Wildman–Crippen LogP) is 0.444. The van der Waals surface area contributed by atoms with Crippen LogP contribution >= 0.6 is 0 Å². The van der Waals surface area contributed by atoms with Crippen LogP contribution in [0.3, 0.4) is 0 Å². The molecule has 0 aromatic rings. The molecule has 1 atom stereocenters. The van der Waals surface area contributed by atoms with Crippen LogP contribution in [0.15, 0.2) is 0 Å². The number of hydrogen-bond acceptors (Lipinski definition) is 2. The molecule has 0 amide bonds. The van der Waals surface area contributed by atoms with Crippen molar-refractivity contribution < 1.29 is 18.7 Å². The first-order valence-electron chi connectivity index (χ1n) is 3.28. The van der Waals surface area contributed by atoms with Crippen LogP contribution in [0.5, 0.6) is 0 Å². The van der Waals surface area contributed by atoms with E-state index in [-0.39, 0.29) is 12.8 Å². The summed E-state index contributed by atoms with van der Waals surface area (Å²) in [6, 6.07) is -1.13. The molecular formula is C6H9F2NO2. The van der Waals surface area contributed by atoms with Gasteiger partial charge in [-0.05, 0) is 5.92 Å². The highest BCUT2D eigenvalue weighted by molar-refractivity contribution is 5.73. The molecule has 0 heterocycles. The molecule has 1 aliphatic rings. The van der Waals surface area contributed by atoms with Gasteiger partial charge < -0.3 is 10.8 Å². The summed E-state index contributed by atoms with van der Waals surface area (Å²) in [7, 11) is 0. The normalized spacial score (nSPS) is 25.7. The van der Waals surface area contributed by atoms with Crippen molar-refractivity contribution in [2.24, 2.45) is 11.7 Å². The molecule has 0 bridgehead atoms. The predicted molar refractivity (Wildman–Crippen MR) is 33.3 cm³/mol. The van der Waals surface area contributed by atoms with Crippen molar-refractivity contribution in [2.75, 3.05) is 0 Å². The zero-order valence-electron chi connectivity index (χ0n) is 5.76. The molecular weight excluding hydrogens is 156 g/mol. The summed E-state index contributed by atoms with van der Waals surface area (Å²) < 4.78 is 24.3. The van der Waals surface area contributed by atoms with E-state index >= 15 is 0 Å². The average molecular weight is 165 g/mol. The van der Waals surface area contributed by atoms with Gasteiger partial charge in [0.05, 0.1) is 0 Å². The largest absolute Gasteiger partial charge is 0.480 e. The lowest BCUT2D eigenvalue weighted by Crippen LogP contribution is -2.49. The highest BCUT2D eigenvalue weighted by Crippen LogP contribution is 2.43. The minimum Gasteiger partial charge on any atom is -0.480 e. The Balaban J connectivity index is 2.38. The van der Waals surface area contributed by atoms with Crippen LogP contribution in [-0.4, -0.2) is 23.0 Å². The van der Waals surface area contributed by atoms with Gasteiger partial charge >= 0.3 is 5.97 Å². The lowest BCUT2D eigenvalue weighted by Gasteiger charge is -2.36. The molecule has 0 spiro atoms. The summed E-state index contributed by atoms with van der Waals surface area (Å²) >= 11 is 0. The van der Waals surface area contributed by atoms with Crippen LogP contribution in [0, 0.1) is 5.92 Å². The van der Waals surface area contributed by atoms with Crippen molar-refractivity contribution in [1.82, 2.24) is 0 Å². The van der Waals surface area contributed by atoms with Crippen molar-refractivity contribution in [3.05, 3.63) is 0 Å². The molecule has 5 heteroatoms. The van der Waals surface area contributed by atoms with E-state index in [1.165, 1.54) is 0 Å². The molecule has 11 heavy (non-hydrogen) atoms. The van der Waals surface area contributed by atoms with E-state index in [1.807, 2.05) is 0 Å². The second kappa shape index (κ2) is 2.41. The second-order valence-corrected chi connectivity index (χ2v) is 2.89. The highest BCUT2D eigenvalue weighted by atomic mass is 19.3. The Kier molecular flexibility index (Phi) is 1.83. The standard InChI is InChI=1S/C6H9F2NO2/c7-6(8)1-3(2-6)4(9)5(10)11/h3-4H,1-2,9H2,(H,10,11)/t4-/m0/s1. The minimum absolute atomic E-state index is 0.388. The van der Waals surface area contributed by atoms with Gasteiger partial charge in [0, 0.05) is 12.8 Å². The molecule has 1 rings (SSSR count). The van der Waals surface area contributed by atoms with Crippen molar-refractivity contribution >= 4 is 5.97 Å². The third-order valence-electron chi connectivity index (χ3n) is 1.91. The van der Waals surface area contributed by atoms with Gasteiger partial charge in [-0.1, -0.05) is 0 Å². The number of halogens is 2. The molecule has 0 aromatic carbocycles. The Morgan fingerprint density at radius 3 is 2.36 bits per heavy atom. The molecule has 64 valence electrons. The second-order valence-electron chi connectivity index (χ2n) is 2.89. The first-order valence-corrected chi connectivity index (χ1v) is 3.28. The van der Waals surface area contributed by atoms with Crippen LogP contribution in [0.1, 0.15) is 12.8 Å². The Morgan fingerprint density at radius 1 is 1.64 bits per heavy atom. The first kappa shape index (κ1) is 8.39. The number of carboxylic acid groups (broad SMARTS) is 1. The molecule has 0 radical (unpaired) electrons. The van der Waals surface area contributed by atoms with E-state index in [1.54, 1.807) is 0 Å². The smallest absolute Gasteiger partial charge is 0.320 e. The fourth-order valence-electron chi connectivity index (χ4n) is 1.16. The van der Waals surface area contributed by atoms with Gasteiger partial charge in [-0.2, -0.15) is 0 Å². The Morgan fingerprint density at radius 2 is 2.09 bits per heavy atom. The van der Waals surface area contributed by atoms with Gasteiger partial charge in [-0.3, -0.25) is 4.79 Å². The van der Waals surface area contributed by atoms with E-state index < -0.39 is 23.9 Å². The Hall–Kier alpha value is -0.710. The van der Waals surface area contributed by atoms with Crippen molar-refractivity contribution in [2.45, 2.75) is 24.8 Å². The third kappa shape index (κ3) is 1.65. The highest BCUT2D eigenvalue weighted by Gasteiger charge is 2.49. The van der Waals surface area contributed by atoms with Crippen LogP contribution in [0.25, 0.3) is 0 Å². The third-order valence-corrected chi connectivity index (χ3v) is 1.91. The maximum absolute atomic E-state index is 12.2. The number of hydrogen-bond donors (Lipinski definition) is 2. The molecule has 0 unspecified atom stereocenters. The summed E-state index contributed by atoms with van der Waals surface area (Å²) in [5.74, 6) is -4.44. The van der Waals surface area contributed by atoms with E-state index in [9.17, 15) is 13.6 Å². The summed E-state index contributed by atoms with van der Waals surface area (Å²) in [6.45, 7) is 0. The molecule has 1 aliphatic carbocycles. The Bertz CT molecular complexity index is 175. The summed E-state index contributed by atoms with van der Waals surface area (Å²) in [5, 5.41) is 8.32. The van der Waals surface area contributed by atoms with E-state index in [4.69, 9.17) is 10.8 Å². The zero-order valence-corrected chi connectivity index (χ0v) is 5.76. The van der Waals surface area contributed by atoms with Gasteiger partial charge in [-0.15, -0.1) is 0 Å². The number of nitrogens with two attached hydrogens (primary N) is 1. The molecule has 3 N–H and O–H groups in total. The van der Waals surface area contributed by atoms with E-state index in [0.29, 0.717) is 0 Å². The van der Waals surface area contributed by atoms with E-state index in [0.717, 1.165) is 0 Å². The number of carbonyl (C=O) groups is 1. The van der Waals surface area contributed by atoms with Gasteiger partial charge in [-0.25, -0.2) is 8.78 Å². The number of carboxylic acids is 1. The first-order chi connectivity index (χ1) is 4.92. The lowest BCUT2D eigenvalue weighted by molar-refractivity contribution is -0.150. The maximum Gasteiger partial charge on any atom is 0.320 e. The number of rotatable bonds is 2. The van der Waals surface area contributed by atoms with Gasteiger partial charge in [0.15, 0.2) is 0 Å². The monoisotopic (exact) mass is 165 g/mol. The topological polar surface area (TPSA) is 63.3 Å². The van der Waals surface area contributed by atoms with Crippen molar-refractivity contribution in [1.29, 1.82) is 0 Å². The van der Waals surface area contributed by atoms with Crippen molar-refractivity contribution in [3.8, 4) is 0 Å². The minimum atomic E-state index is -2.68. The summed E-state index contributed by atoms with van der Waals surface area (Å²) in [5.41, 5.74) is 5.11. The average Bonchev–Trinajstić information content (AvgIpc) is 1.80. The van der Waals surface area contributed by atoms with E-state index in [2.05, 4.69) is 0 Å². The lowest BCUT2D eigenvalue weighted by atomic mass is 9.77. The molecule has 1 fully saturated rings. The molecule has 3 nitrogen and oxygen atoms in total. The quantitative estimate of drug-likeness (QED) is 0.624. The zero-order chi connectivity index (χ0) is 8.65. The Labute approximate surface area is 62.2 Å². The van der Waals surface area contributed by atoms with Crippen LogP contribution in [-0.2, 0) is 4.79 Å². The fraction of sp³-hybridized carbons (Fsp3) is 0.833. The molecule has 0 saturated heterocycles. The van der Waals surface area contributed by atoms with Gasteiger partial charge in [0.2, 0.25) is 5.92 Å². The van der Waals surface area contributed by atoms with Gasteiger partial charge in [0.1, 0.15) is 6.04 Å². The summed E-state index contributed by atoms with van der Waals surface area (Å²) in [6.07, 6.45) is -0.777. The maximum atomic E-state index is 12.2.